The highest BCUT2D eigenvalue weighted by atomic mass is 19.4. The van der Waals surface area contributed by atoms with Gasteiger partial charge in [0, 0.05) is 12.5 Å². The lowest BCUT2D eigenvalue weighted by molar-refractivity contribution is -0.274. The van der Waals surface area contributed by atoms with Gasteiger partial charge in [0.2, 0.25) is 11.8 Å². The van der Waals surface area contributed by atoms with Gasteiger partial charge in [-0.2, -0.15) is 8.78 Å². The molecule has 1 aliphatic carbocycles. The molecular formula is C31H35F5N4O8. The molecule has 1 aromatic carbocycles. The van der Waals surface area contributed by atoms with Gasteiger partial charge in [-0.1, -0.05) is 26.8 Å². The summed E-state index contributed by atoms with van der Waals surface area (Å²) in [7, 11) is 1.12. The molecule has 2 aliphatic heterocycles. The molecule has 0 spiro atoms. The second kappa shape index (κ2) is 13.3. The first kappa shape index (κ1) is 35.0. The van der Waals surface area contributed by atoms with Crippen molar-refractivity contribution in [1.29, 1.82) is 0 Å². The summed E-state index contributed by atoms with van der Waals surface area (Å²) >= 11 is 0. The van der Waals surface area contributed by atoms with E-state index in [1.807, 2.05) is 0 Å². The molecule has 1 N–H and O–H groups in total. The number of aromatic nitrogens is 2. The maximum absolute atomic E-state index is 15.8. The van der Waals surface area contributed by atoms with Crippen LogP contribution in [-0.4, -0.2) is 89.9 Å². The van der Waals surface area contributed by atoms with Crippen LogP contribution in [-0.2, 0) is 29.7 Å². The Bertz CT molecular complexity index is 1580. The first-order chi connectivity index (χ1) is 22.4. The highest BCUT2D eigenvalue weighted by Crippen LogP contribution is 2.38. The molecule has 17 heteroatoms. The fraction of sp³-hybridized carbons (Fsp3) is 0.581. The van der Waals surface area contributed by atoms with Crippen molar-refractivity contribution in [3.63, 3.8) is 0 Å². The highest BCUT2D eigenvalue weighted by molar-refractivity contribution is 5.91. The number of nitrogens with one attached hydrogen (secondary N) is 1. The number of benzene rings is 1. The van der Waals surface area contributed by atoms with Gasteiger partial charge in [-0.3, -0.25) is 4.79 Å². The van der Waals surface area contributed by atoms with Crippen molar-refractivity contribution in [2.75, 3.05) is 20.3 Å². The summed E-state index contributed by atoms with van der Waals surface area (Å²) in [6.45, 7) is 4.52. The smallest absolute Gasteiger partial charge is 0.471 e. The van der Waals surface area contributed by atoms with Gasteiger partial charge in [0.25, 0.3) is 0 Å². The summed E-state index contributed by atoms with van der Waals surface area (Å²) in [4.78, 5) is 49.2. The van der Waals surface area contributed by atoms with E-state index in [1.54, 1.807) is 20.8 Å². The Morgan fingerprint density at radius 3 is 2.48 bits per heavy atom. The fourth-order valence-corrected chi connectivity index (χ4v) is 5.93. The van der Waals surface area contributed by atoms with Gasteiger partial charge in [-0.25, -0.2) is 19.6 Å². The molecule has 1 saturated carbocycles. The van der Waals surface area contributed by atoms with Crippen molar-refractivity contribution < 1.29 is 60.0 Å². The van der Waals surface area contributed by atoms with Gasteiger partial charge >= 0.3 is 24.3 Å². The van der Waals surface area contributed by atoms with Crippen LogP contribution >= 0.6 is 0 Å². The number of amides is 2. The van der Waals surface area contributed by atoms with Crippen molar-refractivity contribution in [2.24, 2.45) is 5.41 Å². The molecule has 2 bridgehead atoms. The third-order valence-corrected chi connectivity index (χ3v) is 8.21. The van der Waals surface area contributed by atoms with Crippen molar-refractivity contribution in [3.05, 3.63) is 36.0 Å². The van der Waals surface area contributed by atoms with Gasteiger partial charge in [-0.15, -0.1) is 13.2 Å². The molecule has 12 nitrogen and oxygen atoms in total. The van der Waals surface area contributed by atoms with Crippen molar-refractivity contribution in [2.45, 2.75) is 89.1 Å². The number of nitrogens with zero attached hydrogens (tertiary/aromatic N) is 3. The maximum atomic E-state index is 15.8. The summed E-state index contributed by atoms with van der Waals surface area (Å²) in [5, 5.41) is 2.63. The number of alkyl halides is 5. The molecule has 0 radical (unpaired) electrons. The van der Waals surface area contributed by atoms with Crippen LogP contribution in [0.3, 0.4) is 0 Å². The summed E-state index contributed by atoms with van der Waals surface area (Å²) in [5.74, 6) is -6.73. The van der Waals surface area contributed by atoms with Gasteiger partial charge in [0.05, 0.1) is 37.4 Å². The van der Waals surface area contributed by atoms with Crippen LogP contribution < -0.4 is 14.8 Å². The third-order valence-electron chi connectivity index (χ3n) is 8.21. The molecule has 5 rings (SSSR count). The number of esters is 1. The fourth-order valence-electron chi connectivity index (χ4n) is 5.93. The van der Waals surface area contributed by atoms with Gasteiger partial charge in [-0.05, 0) is 42.9 Å². The molecule has 262 valence electrons. The number of carbonyl (C=O) groups excluding carboxylic acids is 3. The van der Waals surface area contributed by atoms with Gasteiger partial charge < -0.3 is 33.9 Å². The number of hydrogen-bond acceptors (Lipinski definition) is 10. The number of carbonyl (C=O) groups is 3. The molecular weight excluding hydrogens is 651 g/mol. The minimum atomic E-state index is -5.04. The quantitative estimate of drug-likeness (QED) is 0.267. The van der Waals surface area contributed by atoms with E-state index in [9.17, 15) is 27.6 Å². The zero-order valence-electron chi connectivity index (χ0n) is 26.5. The van der Waals surface area contributed by atoms with Crippen LogP contribution in [0, 0.1) is 5.41 Å². The summed E-state index contributed by atoms with van der Waals surface area (Å²) in [6.07, 6.45) is -5.46. The van der Waals surface area contributed by atoms with E-state index >= 15 is 8.78 Å². The molecule has 3 heterocycles. The third kappa shape index (κ3) is 7.88. The molecule has 5 atom stereocenters. The van der Waals surface area contributed by atoms with Gasteiger partial charge in [0.1, 0.15) is 30.0 Å². The Kier molecular flexibility index (Phi) is 9.72. The summed E-state index contributed by atoms with van der Waals surface area (Å²) < 4.78 is 96.4. The van der Waals surface area contributed by atoms with Crippen LogP contribution in [0.4, 0.5) is 26.7 Å². The first-order valence-corrected chi connectivity index (χ1v) is 15.2. The predicted molar refractivity (Wildman–Crippen MR) is 156 cm³/mol. The summed E-state index contributed by atoms with van der Waals surface area (Å²) in [6, 6.07) is 0.446. The average Bonchev–Trinajstić information content (AvgIpc) is 3.62. The van der Waals surface area contributed by atoms with Crippen LogP contribution in [0.15, 0.2) is 30.4 Å². The normalized spacial score (nSPS) is 27.4. The Morgan fingerprint density at radius 2 is 1.79 bits per heavy atom. The van der Waals surface area contributed by atoms with Crippen LogP contribution in [0.1, 0.15) is 52.1 Å². The molecule has 2 aromatic rings. The number of alkyl carbamates (subject to hydrolysis) is 1. The van der Waals surface area contributed by atoms with Crippen molar-refractivity contribution in [3.8, 4) is 11.6 Å². The Balaban J connectivity index is 1.58. The molecule has 1 saturated heterocycles. The van der Waals surface area contributed by atoms with Gasteiger partial charge in [0.15, 0.2) is 5.69 Å². The number of halogens is 5. The lowest BCUT2D eigenvalue weighted by Crippen LogP contribution is -2.57. The van der Waals surface area contributed by atoms with E-state index in [4.69, 9.17) is 18.9 Å². The maximum Gasteiger partial charge on any atom is 0.573 e. The summed E-state index contributed by atoms with van der Waals surface area (Å²) in [5.41, 5.74) is -2.33. The van der Waals surface area contributed by atoms with Crippen LogP contribution in [0.2, 0.25) is 0 Å². The number of methoxy groups -OCH3 is 1. The SMILES string of the molecule is COC(=O)[C@@H]1C[C@@H]2CN1C(=O)[C@H](C(C)(C)C)NC(=O)O[C@@H]1CCC[C@H]1OC/C=C\C(F)(F)c1nc3cc(OC(F)(F)F)ccc3nc1O2. The molecule has 1 aromatic heterocycles. The number of hydrogen-bond donors (Lipinski definition) is 1. The van der Waals surface area contributed by atoms with E-state index in [0.717, 1.165) is 36.3 Å². The lowest BCUT2D eigenvalue weighted by atomic mass is 9.85. The number of ether oxygens (including phenoxy) is 5. The van der Waals surface area contributed by atoms with E-state index in [1.165, 1.54) is 0 Å². The number of fused-ring (bicyclic) bond motifs is 5. The molecule has 2 amide bonds. The lowest BCUT2D eigenvalue weighted by Gasteiger charge is -2.35. The zero-order valence-corrected chi connectivity index (χ0v) is 26.5. The number of allylic oxidation sites excluding steroid dienone is 1. The minimum Gasteiger partial charge on any atom is -0.471 e. The second-order valence-electron chi connectivity index (χ2n) is 12.8. The average molecular weight is 687 g/mol. The largest absolute Gasteiger partial charge is 0.573 e. The molecule has 3 aliphatic rings. The van der Waals surface area contributed by atoms with Crippen molar-refractivity contribution >= 4 is 29.0 Å². The topological polar surface area (TPSA) is 138 Å². The Labute approximate surface area is 271 Å². The monoisotopic (exact) mass is 686 g/mol. The Hall–Kier alpha value is -4.28. The standard InChI is InChI=1S/C31H35F5N4O8/c1-29(2,3)24-26(41)40-15-17(14-20(40)27(42)44-4)46-25-23(37-19-13-16(48-31(34,35)36)9-10-18(19)38-25)30(32,33)11-6-12-45-21-7-5-8-22(21)47-28(43)39-24/h6,9-11,13,17,20-22,24H,5,7-8,12,14-15H2,1-4H3,(H,39,43)/b11-6-/t17-,20+,21-,22-,24-/m1/s1. The second-order valence-corrected chi connectivity index (χ2v) is 12.8. The molecule has 2 fully saturated rings. The van der Waals surface area contributed by atoms with E-state index in [2.05, 4.69) is 20.0 Å². The zero-order chi connectivity index (χ0) is 35.0. The predicted octanol–water partition coefficient (Wildman–Crippen LogP) is 4.79. The van der Waals surface area contributed by atoms with Crippen LogP contribution in [0.5, 0.6) is 11.6 Å². The van der Waals surface area contributed by atoms with Crippen molar-refractivity contribution in [1.82, 2.24) is 20.2 Å². The first-order valence-electron chi connectivity index (χ1n) is 15.2. The van der Waals surface area contributed by atoms with Crippen LogP contribution in [0.25, 0.3) is 11.0 Å². The Morgan fingerprint density at radius 1 is 1.06 bits per heavy atom. The minimum absolute atomic E-state index is 0.0910. The number of rotatable bonds is 2. The van der Waals surface area contributed by atoms with E-state index in [-0.39, 0.29) is 30.6 Å². The molecule has 0 unspecified atom stereocenters. The van der Waals surface area contributed by atoms with E-state index < -0.39 is 83.4 Å². The highest BCUT2D eigenvalue weighted by Gasteiger charge is 2.48. The molecule has 48 heavy (non-hydrogen) atoms. The van der Waals surface area contributed by atoms with E-state index in [0.29, 0.717) is 25.3 Å².